The lowest BCUT2D eigenvalue weighted by Gasteiger charge is -2.36. The quantitative estimate of drug-likeness (QED) is 0.289. The molecule has 6 nitrogen and oxygen atoms in total. The third-order valence-corrected chi connectivity index (χ3v) is 8.89. The SMILES string of the molecule is CCCCC(C)C(=O)OCN1C(=O)CCc2ccc(CCN3CCN(c4cc(F)cc5sccc45)CC3)cc21. The van der Waals surface area contributed by atoms with Gasteiger partial charge < -0.3 is 9.64 Å². The second-order valence-corrected chi connectivity index (χ2v) is 11.7. The largest absolute Gasteiger partial charge is 0.444 e. The second kappa shape index (κ2) is 12.5. The predicted octanol–water partition coefficient (Wildman–Crippen LogP) is 6.01. The molecular formula is C31H38FN3O3S. The Balaban J connectivity index is 1.17. The zero-order valence-electron chi connectivity index (χ0n) is 23.0. The molecule has 5 rings (SSSR count). The summed E-state index contributed by atoms with van der Waals surface area (Å²) in [6.07, 6.45) is 4.85. The molecule has 3 aromatic rings. The van der Waals surface area contributed by atoms with Crippen molar-refractivity contribution in [2.24, 2.45) is 5.92 Å². The van der Waals surface area contributed by atoms with Gasteiger partial charge in [-0.1, -0.05) is 38.8 Å². The molecule has 1 atom stereocenters. The van der Waals surface area contributed by atoms with Crippen LogP contribution in [0.2, 0.25) is 0 Å². The molecule has 0 bridgehead atoms. The number of piperazine rings is 1. The third kappa shape index (κ3) is 6.44. The molecule has 208 valence electrons. The first-order valence-electron chi connectivity index (χ1n) is 14.2. The van der Waals surface area contributed by atoms with Crippen LogP contribution in [0, 0.1) is 11.7 Å². The lowest BCUT2D eigenvalue weighted by molar-refractivity contribution is -0.148. The minimum atomic E-state index is -0.239. The molecule has 8 heteroatoms. The maximum Gasteiger partial charge on any atom is 0.310 e. The number of aryl methyl sites for hydroxylation is 1. The maximum atomic E-state index is 14.2. The van der Waals surface area contributed by atoms with Crippen molar-refractivity contribution >= 4 is 44.7 Å². The number of hydrogen-bond acceptors (Lipinski definition) is 6. The zero-order chi connectivity index (χ0) is 27.4. The summed E-state index contributed by atoms with van der Waals surface area (Å²) in [4.78, 5) is 31.6. The number of nitrogens with zero attached hydrogens (tertiary/aromatic N) is 3. The lowest BCUT2D eigenvalue weighted by atomic mass is 9.98. The number of halogens is 1. The number of rotatable bonds is 10. The van der Waals surface area contributed by atoms with Gasteiger partial charge in [0.15, 0.2) is 6.73 Å². The van der Waals surface area contributed by atoms with E-state index in [0.717, 1.165) is 85.4 Å². The molecule has 1 saturated heterocycles. The summed E-state index contributed by atoms with van der Waals surface area (Å²) in [7, 11) is 0. The molecule has 0 aliphatic carbocycles. The highest BCUT2D eigenvalue weighted by atomic mass is 32.1. The molecule has 3 heterocycles. The number of unbranched alkanes of at least 4 members (excludes halogenated alkanes) is 1. The number of carbonyl (C=O) groups is 2. The summed E-state index contributed by atoms with van der Waals surface area (Å²) in [6.45, 7) is 8.46. The van der Waals surface area contributed by atoms with Crippen molar-refractivity contribution in [1.82, 2.24) is 4.90 Å². The minimum Gasteiger partial charge on any atom is -0.444 e. The molecule has 2 aliphatic heterocycles. The zero-order valence-corrected chi connectivity index (χ0v) is 23.8. The van der Waals surface area contributed by atoms with Crippen molar-refractivity contribution in [3.05, 3.63) is 58.7 Å². The van der Waals surface area contributed by atoms with Gasteiger partial charge in [0.1, 0.15) is 5.82 Å². The van der Waals surface area contributed by atoms with Crippen LogP contribution in [-0.2, 0) is 27.2 Å². The van der Waals surface area contributed by atoms with Crippen LogP contribution in [0.3, 0.4) is 0 Å². The Hall–Kier alpha value is -2.97. The van der Waals surface area contributed by atoms with E-state index in [9.17, 15) is 14.0 Å². The van der Waals surface area contributed by atoms with Gasteiger partial charge in [-0.25, -0.2) is 4.39 Å². The van der Waals surface area contributed by atoms with Crippen LogP contribution in [0.4, 0.5) is 15.8 Å². The summed E-state index contributed by atoms with van der Waals surface area (Å²) in [5.41, 5.74) is 4.15. The van der Waals surface area contributed by atoms with Crippen LogP contribution in [0.15, 0.2) is 41.8 Å². The Morgan fingerprint density at radius 2 is 1.90 bits per heavy atom. The first kappa shape index (κ1) is 27.6. The summed E-state index contributed by atoms with van der Waals surface area (Å²) < 4.78 is 20.7. The van der Waals surface area contributed by atoms with Crippen molar-refractivity contribution in [1.29, 1.82) is 0 Å². The van der Waals surface area contributed by atoms with Crippen molar-refractivity contribution in [2.75, 3.05) is 49.3 Å². The first-order chi connectivity index (χ1) is 18.9. The van der Waals surface area contributed by atoms with Crippen LogP contribution in [0.5, 0.6) is 0 Å². The number of ether oxygens (including phenoxy) is 1. The van der Waals surface area contributed by atoms with E-state index in [1.165, 1.54) is 5.56 Å². The number of esters is 1. The van der Waals surface area contributed by atoms with Crippen molar-refractivity contribution in [3.63, 3.8) is 0 Å². The monoisotopic (exact) mass is 551 g/mol. The normalized spacial score (nSPS) is 16.9. The standard InChI is InChI=1S/C31H38FN3O3S/c1-3-4-5-22(2)31(37)38-21-35-27-18-23(6-7-24(27)8-9-30(35)36)10-12-33-13-15-34(16-14-33)28-19-25(32)20-29-26(28)11-17-39-29/h6-7,11,17-20,22H,3-5,8-10,12-16,21H2,1-2H3. The van der Waals surface area contributed by atoms with Gasteiger partial charge in [0.05, 0.1) is 11.6 Å². The number of fused-ring (bicyclic) bond motifs is 2. The highest BCUT2D eigenvalue weighted by Crippen LogP contribution is 2.33. The van der Waals surface area contributed by atoms with Gasteiger partial charge in [-0.15, -0.1) is 11.3 Å². The molecule has 1 unspecified atom stereocenters. The van der Waals surface area contributed by atoms with E-state index in [-0.39, 0.29) is 30.3 Å². The van der Waals surface area contributed by atoms with E-state index in [2.05, 4.69) is 41.0 Å². The Labute approximate surface area is 234 Å². The van der Waals surface area contributed by atoms with E-state index in [1.807, 2.05) is 12.3 Å². The van der Waals surface area contributed by atoms with E-state index >= 15 is 0 Å². The van der Waals surface area contributed by atoms with Gasteiger partial charge in [0.25, 0.3) is 0 Å². The summed E-state index contributed by atoms with van der Waals surface area (Å²) in [6, 6.07) is 11.7. The second-order valence-electron chi connectivity index (χ2n) is 10.8. The number of carbonyl (C=O) groups excluding carboxylic acids is 2. The highest BCUT2D eigenvalue weighted by Gasteiger charge is 2.27. The highest BCUT2D eigenvalue weighted by molar-refractivity contribution is 7.17. The lowest BCUT2D eigenvalue weighted by Crippen LogP contribution is -2.47. The summed E-state index contributed by atoms with van der Waals surface area (Å²) in [5, 5.41) is 3.15. The average molecular weight is 552 g/mol. The fraction of sp³-hybridized carbons (Fsp3) is 0.484. The fourth-order valence-corrected chi connectivity index (χ4v) is 6.39. The van der Waals surface area contributed by atoms with Gasteiger partial charge in [-0.05, 0) is 60.0 Å². The average Bonchev–Trinajstić information content (AvgIpc) is 3.42. The van der Waals surface area contributed by atoms with E-state index in [4.69, 9.17) is 4.74 Å². The van der Waals surface area contributed by atoms with E-state index < -0.39 is 0 Å². The Morgan fingerprint density at radius 1 is 1.08 bits per heavy atom. The van der Waals surface area contributed by atoms with E-state index in [1.54, 1.807) is 28.4 Å². The van der Waals surface area contributed by atoms with Crippen molar-refractivity contribution in [2.45, 2.75) is 52.4 Å². The van der Waals surface area contributed by atoms with Gasteiger partial charge in [-0.2, -0.15) is 0 Å². The van der Waals surface area contributed by atoms with Crippen molar-refractivity contribution in [3.8, 4) is 0 Å². The van der Waals surface area contributed by atoms with Gasteiger partial charge in [-0.3, -0.25) is 19.4 Å². The number of amides is 1. The molecule has 1 aromatic heterocycles. The molecule has 2 aliphatic rings. The molecule has 0 N–H and O–H groups in total. The Bertz CT molecular complexity index is 1320. The fourth-order valence-electron chi connectivity index (χ4n) is 5.56. The topological polar surface area (TPSA) is 53.1 Å². The van der Waals surface area contributed by atoms with Crippen LogP contribution in [0.1, 0.15) is 50.7 Å². The van der Waals surface area contributed by atoms with Crippen LogP contribution in [0.25, 0.3) is 10.1 Å². The number of benzene rings is 2. The molecule has 0 radical (unpaired) electrons. The summed E-state index contributed by atoms with van der Waals surface area (Å²) >= 11 is 1.58. The third-order valence-electron chi connectivity index (χ3n) is 8.02. The van der Waals surface area contributed by atoms with Gasteiger partial charge in [0, 0.05) is 54.9 Å². The molecule has 0 saturated carbocycles. The predicted molar refractivity (Wildman–Crippen MR) is 156 cm³/mol. The molecule has 2 aromatic carbocycles. The van der Waals surface area contributed by atoms with Gasteiger partial charge >= 0.3 is 5.97 Å². The smallest absolute Gasteiger partial charge is 0.310 e. The number of hydrogen-bond donors (Lipinski definition) is 0. The Morgan fingerprint density at radius 3 is 2.69 bits per heavy atom. The van der Waals surface area contributed by atoms with E-state index in [0.29, 0.717) is 12.8 Å². The maximum absolute atomic E-state index is 14.2. The van der Waals surface area contributed by atoms with Crippen LogP contribution >= 0.6 is 11.3 Å². The van der Waals surface area contributed by atoms with Crippen molar-refractivity contribution < 1.29 is 18.7 Å². The molecule has 0 spiro atoms. The molecular weight excluding hydrogens is 513 g/mol. The number of anilines is 2. The number of thiophene rings is 1. The van der Waals surface area contributed by atoms with Gasteiger partial charge in [0.2, 0.25) is 5.91 Å². The molecule has 1 fully saturated rings. The van der Waals surface area contributed by atoms with Crippen LogP contribution < -0.4 is 9.80 Å². The molecule has 1 amide bonds. The minimum absolute atomic E-state index is 0.00172. The molecule has 39 heavy (non-hydrogen) atoms. The summed E-state index contributed by atoms with van der Waals surface area (Å²) in [5.74, 6) is -0.574. The van der Waals surface area contributed by atoms with Crippen LogP contribution in [-0.4, -0.2) is 56.2 Å². The Kier molecular flexibility index (Phi) is 8.82. The first-order valence-corrected chi connectivity index (χ1v) is 15.0.